The van der Waals surface area contributed by atoms with E-state index in [0.29, 0.717) is 12.6 Å². The highest BCUT2D eigenvalue weighted by Crippen LogP contribution is 2.27. The normalized spacial score (nSPS) is 15.1. The Bertz CT molecular complexity index is 518. The zero-order valence-electron chi connectivity index (χ0n) is 12.8. The molecule has 2 N–H and O–H groups in total. The number of ether oxygens (including phenoxy) is 2. The summed E-state index contributed by atoms with van der Waals surface area (Å²) >= 11 is 0. The number of guanidine groups is 1. The zero-order chi connectivity index (χ0) is 15.1. The molecular formula is C16H23N3O2. The number of hydrogen-bond donors (Lipinski definition) is 2. The van der Waals surface area contributed by atoms with Gasteiger partial charge in [0, 0.05) is 19.6 Å². The molecule has 0 saturated heterocycles. The van der Waals surface area contributed by atoms with Gasteiger partial charge in [0.2, 0.25) is 0 Å². The van der Waals surface area contributed by atoms with Gasteiger partial charge in [-0.1, -0.05) is 18.2 Å². The second-order valence-electron chi connectivity index (χ2n) is 4.90. The van der Waals surface area contributed by atoms with E-state index >= 15 is 0 Å². The van der Waals surface area contributed by atoms with Crippen molar-refractivity contribution >= 4 is 5.96 Å². The number of methoxy groups -OCH3 is 2. The summed E-state index contributed by atoms with van der Waals surface area (Å²) in [5.74, 6) is 2.29. The van der Waals surface area contributed by atoms with Crippen molar-refractivity contribution in [3.63, 3.8) is 0 Å². The van der Waals surface area contributed by atoms with Crippen molar-refractivity contribution in [3.8, 4) is 11.5 Å². The molecule has 0 saturated carbocycles. The van der Waals surface area contributed by atoms with Crippen molar-refractivity contribution < 1.29 is 9.47 Å². The second-order valence-corrected chi connectivity index (χ2v) is 4.90. The van der Waals surface area contributed by atoms with Gasteiger partial charge in [0.1, 0.15) is 0 Å². The van der Waals surface area contributed by atoms with E-state index in [-0.39, 0.29) is 0 Å². The summed E-state index contributed by atoms with van der Waals surface area (Å²) in [6.07, 6.45) is 6.49. The van der Waals surface area contributed by atoms with Gasteiger partial charge in [-0.25, -0.2) is 0 Å². The summed E-state index contributed by atoms with van der Waals surface area (Å²) in [6, 6.07) is 6.34. The minimum atomic E-state index is 0.446. The van der Waals surface area contributed by atoms with Gasteiger partial charge in [-0.3, -0.25) is 4.99 Å². The van der Waals surface area contributed by atoms with E-state index in [1.807, 2.05) is 18.2 Å². The fourth-order valence-electron chi connectivity index (χ4n) is 2.30. The predicted octanol–water partition coefficient (Wildman–Crippen LogP) is 2.09. The van der Waals surface area contributed by atoms with Crippen molar-refractivity contribution in [2.75, 3.05) is 21.3 Å². The largest absolute Gasteiger partial charge is 0.493 e. The monoisotopic (exact) mass is 289 g/mol. The summed E-state index contributed by atoms with van der Waals surface area (Å²) in [5, 5.41) is 6.72. The number of nitrogens with one attached hydrogen (secondary N) is 2. The lowest BCUT2D eigenvalue weighted by Gasteiger charge is -2.17. The SMILES string of the molecule is CN=C(NCc1ccc(OC)c(OC)c1)NC1CC=CC1. The highest BCUT2D eigenvalue weighted by atomic mass is 16.5. The lowest BCUT2D eigenvalue weighted by Crippen LogP contribution is -2.42. The first-order valence-corrected chi connectivity index (χ1v) is 7.10. The van der Waals surface area contributed by atoms with Gasteiger partial charge in [0.15, 0.2) is 17.5 Å². The molecule has 0 bridgehead atoms. The molecular weight excluding hydrogens is 266 g/mol. The Morgan fingerprint density at radius 1 is 1.19 bits per heavy atom. The molecule has 0 aliphatic heterocycles. The molecule has 0 radical (unpaired) electrons. The molecule has 5 nitrogen and oxygen atoms in total. The van der Waals surface area contributed by atoms with Gasteiger partial charge in [0.05, 0.1) is 14.2 Å². The molecule has 5 heteroatoms. The summed E-state index contributed by atoms with van der Waals surface area (Å²) < 4.78 is 10.5. The van der Waals surface area contributed by atoms with Crippen molar-refractivity contribution in [1.29, 1.82) is 0 Å². The molecule has 1 aromatic rings. The lowest BCUT2D eigenvalue weighted by molar-refractivity contribution is 0.354. The molecule has 2 rings (SSSR count). The highest BCUT2D eigenvalue weighted by molar-refractivity contribution is 5.80. The summed E-state index contributed by atoms with van der Waals surface area (Å²) in [4.78, 5) is 4.25. The fraction of sp³-hybridized carbons (Fsp3) is 0.438. The fourth-order valence-corrected chi connectivity index (χ4v) is 2.30. The number of benzene rings is 1. The number of aliphatic imine (C=N–C) groups is 1. The molecule has 114 valence electrons. The molecule has 1 aliphatic rings. The van der Waals surface area contributed by atoms with Crippen LogP contribution in [0.5, 0.6) is 11.5 Å². The van der Waals surface area contributed by atoms with Crippen LogP contribution in [0.3, 0.4) is 0 Å². The molecule has 0 amide bonds. The summed E-state index contributed by atoms with van der Waals surface area (Å²) in [5.41, 5.74) is 1.11. The minimum Gasteiger partial charge on any atom is -0.493 e. The smallest absolute Gasteiger partial charge is 0.191 e. The van der Waals surface area contributed by atoms with Crippen LogP contribution >= 0.6 is 0 Å². The summed E-state index contributed by atoms with van der Waals surface area (Å²) in [6.45, 7) is 0.681. The van der Waals surface area contributed by atoms with Crippen LogP contribution in [0.15, 0.2) is 35.3 Å². The molecule has 0 spiro atoms. The van der Waals surface area contributed by atoms with Gasteiger partial charge in [-0.2, -0.15) is 0 Å². The predicted molar refractivity (Wildman–Crippen MR) is 85.0 cm³/mol. The highest BCUT2D eigenvalue weighted by Gasteiger charge is 2.11. The van der Waals surface area contributed by atoms with Crippen LogP contribution in [0.2, 0.25) is 0 Å². The first-order chi connectivity index (χ1) is 10.3. The van der Waals surface area contributed by atoms with E-state index < -0.39 is 0 Å². The van der Waals surface area contributed by atoms with Crippen molar-refractivity contribution in [3.05, 3.63) is 35.9 Å². The van der Waals surface area contributed by atoms with Gasteiger partial charge in [-0.05, 0) is 30.5 Å². The van der Waals surface area contributed by atoms with E-state index in [1.54, 1.807) is 21.3 Å². The molecule has 0 fully saturated rings. The third-order valence-electron chi connectivity index (χ3n) is 3.48. The quantitative estimate of drug-likeness (QED) is 0.495. The van der Waals surface area contributed by atoms with Crippen LogP contribution in [0.1, 0.15) is 18.4 Å². The Morgan fingerprint density at radius 2 is 1.90 bits per heavy atom. The van der Waals surface area contributed by atoms with Crippen LogP contribution in [-0.2, 0) is 6.54 Å². The number of rotatable bonds is 5. The standard InChI is InChI=1S/C16H23N3O2/c1-17-16(19-13-6-4-5-7-13)18-11-12-8-9-14(20-2)15(10-12)21-3/h4-5,8-10,13H,6-7,11H2,1-3H3,(H2,17,18,19). The van der Waals surface area contributed by atoms with Crippen molar-refractivity contribution in [1.82, 2.24) is 10.6 Å². The van der Waals surface area contributed by atoms with Crippen molar-refractivity contribution in [2.24, 2.45) is 4.99 Å². The topological polar surface area (TPSA) is 54.9 Å². The van der Waals surface area contributed by atoms with E-state index in [4.69, 9.17) is 9.47 Å². The van der Waals surface area contributed by atoms with Crippen LogP contribution in [0.4, 0.5) is 0 Å². The Kier molecular flexibility index (Phi) is 5.49. The molecule has 0 unspecified atom stereocenters. The maximum atomic E-state index is 5.31. The third kappa shape index (κ3) is 4.15. The maximum Gasteiger partial charge on any atom is 0.191 e. The minimum absolute atomic E-state index is 0.446. The Balaban J connectivity index is 1.91. The van der Waals surface area contributed by atoms with Crippen LogP contribution < -0.4 is 20.1 Å². The van der Waals surface area contributed by atoms with Gasteiger partial charge >= 0.3 is 0 Å². The summed E-state index contributed by atoms with van der Waals surface area (Å²) in [7, 11) is 5.06. The van der Waals surface area contributed by atoms with Crippen molar-refractivity contribution in [2.45, 2.75) is 25.4 Å². The van der Waals surface area contributed by atoms with Gasteiger partial charge < -0.3 is 20.1 Å². The van der Waals surface area contributed by atoms with Gasteiger partial charge in [-0.15, -0.1) is 0 Å². The molecule has 1 aromatic carbocycles. The van der Waals surface area contributed by atoms with Gasteiger partial charge in [0.25, 0.3) is 0 Å². The second kappa shape index (κ2) is 7.57. The molecule has 0 atom stereocenters. The van der Waals surface area contributed by atoms with E-state index in [9.17, 15) is 0 Å². The molecule has 1 aliphatic carbocycles. The Labute approximate surface area is 126 Å². The number of hydrogen-bond acceptors (Lipinski definition) is 3. The molecule has 0 aromatic heterocycles. The van der Waals surface area contributed by atoms with Crippen LogP contribution in [0, 0.1) is 0 Å². The third-order valence-corrected chi connectivity index (χ3v) is 3.48. The maximum absolute atomic E-state index is 5.31. The number of nitrogens with zero attached hydrogens (tertiary/aromatic N) is 1. The average Bonchev–Trinajstić information content (AvgIpc) is 3.04. The molecule has 21 heavy (non-hydrogen) atoms. The zero-order valence-corrected chi connectivity index (χ0v) is 12.8. The van der Waals surface area contributed by atoms with E-state index in [0.717, 1.165) is 35.9 Å². The first kappa shape index (κ1) is 15.2. The Morgan fingerprint density at radius 3 is 2.52 bits per heavy atom. The average molecular weight is 289 g/mol. The lowest BCUT2D eigenvalue weighted by atomic mass is 10.2. The first-order valence-electron chi connectivity index (χ1n) is 7.10. The Hall–Kier alpha value is -2.17. The molecule has 0 heterocycles. The van der Waals surface area contributed by atoms with Crippen LogP contribution in [0.25, 0.3) is 0 Å². The van der Waals surface area contributed by atoms with E-state index in [2.05, 4.69) is 27.8 Å². The van der Waals surface area contributed by atoms with E-state index in [1.165, 1.54) is 0 Å². The van der Waals surface area contributed by atoms with Crippen LogP contribution in [-0.4, -0.2) is 33.3 Å².